The van der Waals surface area contributed by atoms with E-state index in [1.54, 1.807) is 0 Å². The monoisotopic (exact) mass is 152 g/mol. The molecule has 10 heavy (non-hydrogen) atoms. The predicted molar refractivity (Wildman–Crippen MR) is 50.5 cm³/mol. The van der Waals surface area contributed by atoms with Crippen LogP contribution in [0, 0.1) is 0 Å². The number of hydrogen-bond acceptors (Lipinski definition) is 1. The highest BCUT2D eigenvalue weighted by Gasteiger charge is 1.79. The zero-order chi connectivity index (χ0) is 7.82. The van der Waals surface area contributed by atoms with Gasteiger partial charge in [0.15, 0.2) is 0 Å². The zero-order valence-corrected chi connectivity index (χ0v) is 7.03. The Bertz CT molecular complexity index is 158. The van der Waals surface area contributed by atoms with Gasteiger partial charge in [-0.3, -0.25) is 0 Å². The SMILES string of the molecule is C=S.CCc1ccccc1. The lowest BCUT2D eigenvalue weighted by atomic mass is 10.2. The summed E-state index contributed by atoms with van der Waals surface area (Å²) in [5, 5.41) is 0. The van der Waals surface area contributed by atoms with Gasteiger partial charge >= 0.3 is 0 Å². The number of benzene rings is 1. The van der Waals surface area contributed by atoms with E-state index < -0.39 is 0 Å². The van der Waals surface area contributed by atoms with Gasteiger partial charge in [0.25, 0.3) is 0 Å². The van der Waals surface area contributed by atoms with Crippen LogP contribution in [0.15, 0.2) is 30.3 Å². The largest absolute Gasteiger partial charge is 0.0973 e. The third-order valence-electron chi connectivity index (χ3n) is 1.25. The van der Waals surface area contributed by atoms with Gasteiger partial charge in [0.2, 0.25) is 0 Å². The van der Waals surface area contributed by atoms with Crippen molar-refractivity contribution in [2.24, 2.45) is 0 Å². The Balaban J connectivity index is 0.000000371. The van der Waals surface area contributed by atoms with Crippen LogP contribution in [-0.4, -0.2) is 5.87 Å². The van der Waals surface area contributed by atoms with Crippen LogP contribution in [0.4, 0.5) is 0 Å². The van der Waals surface area contributed by atoms with Gasteiger partial charge in [-0.05, 0) is 17.9 Å². The molecule has 0 atom stereocenters. The predicted octanol–water partition coefficient (Wildman–Crippen LogP) is 2.86. The first-order valence-electron chi connectivity index (χ1n) is 3.26. The molecule has 1 rings (SSSR count). The van der Waals surface area contributed by atoms with E-state index in [2.05, 4.69) is 49.3 Å². The van der Waals surface area contributed by atoms with Crippen LogP contribution in [0.1, 0.15) is 12.5 Å². The fraction of sp³-hybridized carbons (Fsp3) is 0.222. The second kappa shape index (κ2) is 6.43. The molecule has 0 radical (unpaired) electrons. The molecule has 54 valence electrons. The quantitative estimate of drug-likeness (QED) is 0.558. The summed E-state index contributed by atoms with van der Waals surface area (Å²) in [5.74, 6) is 2.83. The molecule has 0 unspecified atom stereocenters. The van der Waals surface area contributed by atoms with Gasteiger partial charge in [-0.15, -0.1) is 0 Å². The third kappa shape index (κ3) is 3.36. The summed E-state index contributed by atoms with van der Waals surface area (Å²) in [6.45, 7) is 2.16. The molecule has 0 aliphatic heterocycles. The van der Waals surface area contributed by atoms with Gasteiger partial charge in [0.1, 0.15) is 0 Å². The highest BCUT2D eigenvalue weighted by atomic mass is 32.1. The van der Waals surface area contributed by atoms with Crippen molar-refractivity contribution in [1.29, 1.82) is 0 Å². The number of aryl methyl sites for hydroxylation is 1. The molecular formula is C9H12S. The van der Waals surface area contributed by atoms with Crippen LogP contribution in [0.25, 0.3) is 0 Å². The summed E-state index contributed by atoms with van der Waals surface area (Å²) >= 11 is 3.83. The smallest absolute Gasteiger partial charge is 0.0307 e. The van der Waals surface area contributed by atoms with Crippen LogP contribution >= 0.6 is 12.2 Å². The van der Waals surface area contributed by atoms with Crippen molar-refractivity contribution in [3.63, 3.8) is 0 Å². The fourth-order valence-electron chi connectivity index (χ4n) is 0.714. The van der Waals surface area contributed by atoms with Crippen LogP contribution < -0.4 is 0 Å². The van der Waals surface area contributed by atoms with Gasteiger partial charge in [-0.2, -0.15) is 0 Å². The molecule has 0 fully saturated rings. The Morgan fingerprint density at radius 3 is 2.00 bits per heavy atom. The van der Waals surface area contributed by atoms with Crippen LogP contribution in [-0.2, 0) is 6.42 Å². The maximum Gasteiger partial charge on any atom is -0.0307 e. The number of thiocarbonyl (C=S) groups is 1. The normalized spacial score (nSPS) is 7.70. The summed E-state index contributed by atoms with van der Waals surface area (Å²) in [6, 6.07) is 10.5. The molecule has 0 heterocycles. The molecule has 0 amide bonds. The second-order valence-corrected chi connectivity index (χ2v) is 1.84. The van der Waals surface area contributed by atoms with Crippen molar-refractivity contribution in [3.05, 3.63) is 35.9 Å². The third-order valence-corrected chi connectivity index (χ3v) is 1.25. The molecule has 0 aromatic heterocycles. The standard InChI is InChI=1S/C8H10.CH2S/c1-2-8-6-4-3-5-7-8;1-2/h3-7H,2H2,1H3;1H2. The summed E-state index contributed by atoms with van der Waals surface area (Å²) in [5.41, 5.74) is 1.41. The first-order valence-corrected chi connectivity index (χ1v) is 3.84. The average molecular weight is 152 g/mol. The van der Waals surface area contributed by atoms with E-state index in [-0.39, 0.29) is 0 Å². The van der Waals surface area contributed by atoms with Crippen LogP contribution in [0.5, 0.6) is 0 Å². The summed E-state index contributed by atoms with van der Waals surface area (Å²) in [4.78, 5) is 0. The van der Waals surface area contributed by atoms with Gasteiger partial charge in [0, 0.05) is 0 Å². The minimum Gasteiger partial charge on any atom is -0.0973 e. The molecule has 0 aliphatic carbocycles. The van der Waals surface area contributed by atoms with Crippen molar-refractivity contribution in [2.75, 3.05) is 0 Å². The zero-order valence-electron chi connectivity index (χ0n) is 6.21. The van der Waals surface area contributed by atoms with Crippen molar-refractivity contribution in [1.82, 2.24) is 0 Å². The molecule has 0 saturated heterocycles. The first kappa shape index (κ1) is 9.31. The Labute approximate surface area is 67.9 Å². The van der Waals surface area contributed by atoms with Gasteiger partial charge in [-0.25, -0.2) is 0 Å². The van der Waals surface area contributed by atoms with Gasteiger partial charge < -0.3 is 0 Å². The van der Waals surface area contributed by atoms with Gasteiger partial charge in [-0.1, -0.05) is 49.5 Å². The molecule has 1 heteroatoms. The van der Waals surface area contributed by atoms with E-state index in [1.807, 2.05) is 6.07 Å². The maximum absolute atomic E-state index is 3.83. The fourth-order valence-corrected chi connectivity index (χ4v) is 0.714. The minimum atomic E-state index is 1.14. The highest BCUT2D eigenvalue weighted by Crippen LogP contribution is 1.96. The molecule has 1 aromatic carbocycles. The molecule has 1 aromatic rings. The van der Waals surface area contributed by atoms with Crippen LogP contribution in [0.2, 0.25) is 0 Å². The average Bonchev–Trinajstić information content (AvgIpc) is 2.10. The molecule has 0 saturated carbocycles. The van der Waals surface area contributed by atoms with Crippen molar-refractivity contribution in [3.8, 4) is 0 Å². The minimum absolute atomic E-state index is 1.14. The second-order valence-electron chi connectivity index (χ2n) is 1.84. The van der Waals surface area contributed by atoms with Crippen molar-refractivity contribution in [2.45, 2.75) is 13.3 Å². The van der Waals surface area contributed by atoms with Gasteiger partial charge in [0.05, 0.1) is 0 Å². The Morgan fingerprint density at radius 2 is 1.70 bits per heavy atom. The first-order chi connectivity index (χ1) is 4.93. The Kier molecular flexibility index (Phi) is 5.99. The van der Waals surface area contributed by atoms with E-state index in [0.717, 1.165) is 6.42 Å². The van der Waals surface area contributed by atoms with E-state index in [1.165, 1.54) is 5.56 Å². The number of hydrogen-bond donors (Lipinski definition) is 0. The van der Waals surface area contributed by atoms with E-state index >= 15 is 0 Å². The molecule has 0 spiro atoms. The van der Waals surface area contributed by atoms with Crippen LogP contribution in [0.3, 0.4) is 0 Å². The Hall–Kier alpha value is -0.690. The lowest BCUT2D eigenvalue weighted by molar-refractivity contribution is 1.14. The summed E-state index contributed by atoms with van der Waals surface area (Å²) in [7, 11) is 0. The summed E-state index contributed by atoms with van der Waals surface area (Å²) < 4.78 is 0. The lowest BCUT2D eigenvalue weighted by Gasteiger charge is -1.89. The maximum atomic E-state index is 3.83. The highest BCUT2D eigenvalue weighted by molar-refractivity contribution is 7.77. The lowest BCUT2D eigenvalue weighted by Crippen LogP contribution is -1.73. The molecular weight excluding hydrogens is 140 g/mol. The Morgan fingerprint density at radius 1 is 1.20 bits per heavy atom. The molecule has 0 N–H and O–H groups in total. The van der Waals surface area contributed by atoms with Crippen molar-refractivity contribution < 1.29 is 0 Å². The number of rotatable bonds is 1. The molecule has 0 bridgehead atoms. The van der Waals surface area contributed by atoms with Crippen molar-refractivity contribution >= 4 is 18.1 Å². The van der Waals surface area contributed by atoms with E-state index in [0.29, 0.717) is 0 Å². The molecule has 0 nitrogen and oxygen atoms in total. The van der Waals surface area contributed by atoms with E-state index in [4.69, 9.17) is 0 Å². The van der Waals surface area contributed by atoms with E-state index in [9.17, 15) is 0 Å². The molecule has 0 aliphatic rings. The topological polar surface area (TPSA) is 0 Å². The summed E-state index contributed by atoms with van der Waals surface area (Å²) in [6.07, 6.45) is 1.14.